The van der Waals surface area contributed by atoms with E-state index in [2.05, 4.69) is 21.5 Å². The Bertz CT molecular complexity index is 1600. The molecule has 1 saturated heterocycles. The number of anilines is 2. The number of rotatable bonds is 7. The van der Waals surface area contributed by atoms with E-state index >= 15 is 8.78 Å². The zero-order valence-electron chi connectivity index (χ0n) is 25.2. The number of amidine groups is 1. The molecule has 1 unspecified atom stereocenters. The normalized spacial score (nSPS) is 17.9. The molecule has 1 N–H and O–H groups in total. The van der Waals surface area contributed by atoms with E-state index in [1.165, 1.54) is 13.1 Å². The lowest BCUT2D eigenvalue weighted by Gasteiger charge is -2.41. The molecule has 1 atom stereocenters. The summed E-state index contributed by atoms with van der Waals surface area (Å²) in [5.41, 5.74) is -3.36. The van der Waals surface area contributed by atoms with Crippen molar-refractivity contribution in [1.82, 2.24) is 19.8 Å². The van der Waals surface area contributed by atoms with Crippen LogP contribution in [0.2, 0.25) is 0 Å². The Hall–Kier alpha value is -4.62. The Labute approximate surface area is 257 Å². The maximum atomic E-state index is 15.9. The van der Waals surface area contributed by atoms with Crippen molar-refractivity contribution < 1.29 is 36.6 Å². The van der Waals surface area contributed by atoms with Gasteiger partial charge < -0.3 is 14.9 Å². The van der Waals surface area contributed by atoms with Gasteiger partial charge in [-0.25, -0.2) is 13.8 Å². The summed E-state index contributed by atoms with van der Waals surface area (Å²) in [6.07, 6.45) is -1.43. The van der Waals surface area contributed by atoms with Gasteiger partial charge in [0, 0.05) is 45.3 Å². The molecule has 14 heteroatoms. The van der Waals surface area contributed by atoms with Crippen LogP contribution in [0.5, 0.6) is 0 Å². The first-order chi connectivity index (χ1) is 21.2. The first kappa shape index (κ1) is 33.3. The predicted molar refractivity (Wildman–Crippen MR) is 159 cm³/mol. The van der Waals surface area contributed by atoms with Gasteiger partial charge in [0.15, 0.2) is 11.6 Å². The number of aliphatic hydroxyl groups excluding tert-OH is 1. The first-order valence-electron chi connectivity index (χ1n) is 14.2. The second-order valence-electron chi connectivity index (χ2n) is 10.9. The predicted octanol–water partition coefficient (Wildman–Crippen LogP) is 6.06. The highest BCUT2D eigenvalue weighted by molar-refractivity contribution is 6.07. The maximum Gasteiger partial charge on any atom is 0.418 e. The van der Waals surface area contributed by atoms with Crippen LogP contribution in [0.25, 0.3) is 5.57 Å². The Balaban J connectivity index is 2.02. The van der Waals surface area contributed by atoms with Crippen LogP contribution in [0.15, 0.2) is 53.6 Å². The molecule has 9 nitrogen and oxygen atoms in total. The third kappa shape index (κ3) is 6.45. The van der Waals surface area contributed by atoms with Gasteiger partial charge in [0.05, 0.1) is 28.1 Å². The minimum Gasteiger partial charge on any atom is -0.511 e. The third-order valence-corrected chi connectivity index (χ3v) is 7.64. The molecule has 1 aliphatic heterocycles. The molecule has 0 saturated carbocycles. The number of carbonyl (C=O) groups excluding carboxylic acids is 2. The summed E-state index contributed by atoms with van der Waals surface area (Å²) >= 11 is 0. The third-order valence-electron chi connectivity index (χ3n) is 7.64. The molecule has 0 spiro atoms. The smallest absolute Gasteiger partial charge is 0.418 e. The number of amides is 2. The van der Waals surface area contributed by atoms with E-state index in [1.54, 1.807) is 30.6 Å². The number of hydrogen-bond donors (Lipinski definition) is 1. The van der Waals surface area contributed by atoms with Gasteiger partial charge >= 0.3 is 6.18 Å². The van der Waals surface area contributed by atoms with Gasteiger partial charge in [-0.3, -0.25) is 24.5 Å². The van der Waals surface area contributed by atoms with Gasteiger partial charge in [0.1, 0.15) is 23.1 Å². The standard InChI is InChI=1S/C31H33F5N6O3/c1-6-24(45)40-12-13-41(18(4)15-40)29(37-5)19-14-22(33)27(25-21(32)8-7-9-23(25)44)39-30(19)42(16-43)28-20(31(34,35)36)10-11-38-26(28)17(2)3/h6,8,10-11,14,16-18,44H,1,7,9,12-13,15H2,2-5H3. The van der Waals surface area contributed by atoms with Crippen LogP contribution in [0, 0.1) is 5.82 Å². The number of nitrogens with zero attached hydrogens (tertiary/aromatic N) is 6. The molecule has 2 aliphatic rings. The number of aliphatic hydroxyl groups is 1. The lowest BCUT2D eigenvalue weighted by molar-refractivity contribution is -0.137. The molecule has 2 amide bonds. The lowest BCUT2D eigenvalue weighted by Crippen LogP contribution is -2.55. The fourth-order valence-corrected chi connectivity index (χ4v) is 5.54. The number of piperazine rings is 1. The number of halogens is 5. The van der Waals surface area contributed by atoms with Gasteiger partial charge in [0.25, 0.3) is 0 Å². The topological polar surface area (TPSA) is 102 Å². The fourth-order valence-electron chi connectivity index (χ4n) is 5.54. The Morgan fingerprint density at radius 2 is 1.98 bits per heavy atom. The van der Waals surface area contributed by atoms with Crippen molar-refractivity contribution in [2.24, 2.45) is 4.99 Å². The van der Waals surface area contributed by atoms with E-state index in [1.807, 2.05) is 0 Å². The minimum atomic E-state index is -4.94. The summed E-state index contributed by atoms with van der Waals surface area (Å²) < 4.78 is 74.2. The van der Waals surface area contributed by atoms with Crippen molar-refractivity contribution in [3.63, 3.8) is 0 Å². The molecular formula is C31H33F5N6O3. The monoisotopic (exact) mass is 632 g/mol. The fraction of sp³-hybridized carbons (Fsp3) is 0.387. The molecular weight excluding hydrogens is 599 g/mol. The zero-order chi connectivity index (χ0) is 33.2. The Kier molecular flexibility index (Phi) is 9.74. The maximum absolute atomic E-state index is 15.9. The van der Waals surface area contributed by atoms with Gasteiger partial charge in [-0.1, -0.05) is 20.4 Å². The zero-order valence-corrected chi connectivity index (χ0v) is 25.2. The van der Waals surface area contributed by atoms with E-state index in [-0.39, 0.29) is 61.9 Å². The van der Waals surface area contributed by atoms with Crippen LogP contribution in [-0.2, 0) is 15.8 Å². The summed E-state index contributed by atoms with van der Waals surface area (Å²) in [6, 6.07) is 1.21. The Morgan fingerprint density at radius 3 is 2.53 bits per heavy atom. The summed E-state index contributed by atoms with van der Waals surface area (Å²) in [7, 11) is 1.38. The quantitative estimate of drug-likeness (QED) is 0.131. The summed E-state index contributed by atoms with van der Waals surface area (Å²) in [5.74, 6) is -3.90. The lowest BCUT2D eigenvalue weighted by atomic mass is 9.98. The average molecular weight is 633 g/mol. The molecule has 4 rings (SSSR count). The molecule has 0 aromatic carbocycles. The number of aromatic nitrogens is 2. The minimum absolute atomic E-state index is 0.0242. The van der Waals surface area contributed by atoms with Crippen LogP contribution >= 0.6 is 0 Å². The molecule has 2 aromatic heterocycles. The van der Waals surface area contributed by atoms with Crippen LogP contribution in [-0.4, -0.2) is 75.8 Å². The van der Waals surface area contributed by atoms with Crippen molar-refractivity contribution in [2.75, 3.05) is 31.6 Å². The van der Waals surface area contributed by atoms with E-state index in [9.17, 15) is 27.9 Å². The number of allylic oxidation sites excluding steroid dienone is 4. The van der Waals surface area contributed by atoms with Crippen molar-refractivity contribution in [2.45, 2.75) is 51.7 Å². The molecule has 3 heterocycles. The van der Waals surface area contributed by atoms with Gasteiger partial charge in [-0.05, 0) is 43.5 Å². The van der Waals surface area contributed by atoms with Gasteiger partial charge in [-0.15, -0.1) is 0 Å². The highest BCUT2D eigenvalue weighted by Crippen LogP contribution is 2.43. The van der Waals surface area contributed by atoms with Crippen molar-refractivity contribution in [3.05, 3.63) is 77.0 Å². The number of alkyl halides is 3. The Morgan fingerprint density at radius 1 is 1.27 bits per heavy atom. The van der Waals surface area contributed by atoms with Crippen molar-refractivity contribution in [3.8, 4) is 0 Å². The van der Waals surface area contributed by atoms with Crippen LogP contribution in [0.1, 0.15) is 62.0 Å². The van der Waals surface area contributed by atoms with Crippen molar-refractivity contribution >= 4 is 35.2 Å². The molecule has 0 bridgehead atoms. The van der Waals surface area contributed by atoms with Gasteiger partial charge in [0.2, 0.25) is 12.3 Å². The van der Waals surface area contributed by atoms with Gasteiger partial charge in [-0.2, -0.15) is 13.2 Å². The molecule has 2 aromatic rings. The second kappa shape index (κ2) is 13.2. The molecule has 0 radical (unpaired) electrons. The van der Waals surface area contributed by atoms with E-state index < -0.39 is 63.9 Å². The van der Waals surface area contributed by atoms with Crippen LogP contribution in [0.4, 0.5) is 33.5 Å². The molecule has 1 aliphatic carbocycles. The number of pyridine rings is 2. The summed E-state index contributed by atoms with van der Waals surface area (Å²) in [5, 5.41) is 10.5. The highest BCUT2D eigenvalue weighted by Gasteiger charge is 2.40. The molecule has 240 valence electrons. The molecule has 45 heavy (non-hydrogen) atoms. The highest BCUT2D eigenvalue weighted by atomic mass is 19.4. The summed E-state index contributed by atoms with van der Waals surface area (Å²) in [4.78, 5) is 41.7. The number of aliphatic imine (C=N–C) groups is 1. The SMILES string of the molecule is C=CC(=O)N1CCN(C(=NC)c2cc(F)c(C3=C(O)CCC=C3F)nc2N(C=O)c2c(C(F)(F)F)ccnc2C(C)C)C(C)C1. The van der Waals surface area contributed by atoms with E-state index in [0.717, 1.165) is 18.3 Å². The van der Waals surface area contributed by atoms with E-state index in [4.69, 9.17) is 0 Å². The number of hydrogen-bond acceptors (Lipinski definition) is 6. The van der Waals surface area contributed by atoms with Crippen LogP contribution < -0.4 is 4.90 Å². The largest absolute Gasteiger partial charge is 0.511 e. The van der Waals surface area contributed by atoms with Crippen molar-refractivity contribution in [1.29, 1.82) is 0 Å². The first-order valence-corrected chi connectivity index (χ1v) is 14.2. The summed E-state index contributed by atoms with van der Waals surface area (Å²) in [6.45, 7) is 9.10. The average Bonchev–Trinajstić information content (AvgIpc) is 2.99. The molecule has 1 fully saturated rings. The van der Waals surface area contributed by atoms with Crippen LogP contribution in [0.3, 0.4) is 0 Å². The number of carbonyl (C=O) groups is 2. The second-order valence-corrected chi connectivity index (χ2v) is 10.9. The van der Waals surface area contributed by atoms with E-state index in [0.29, 0.717) is 11.0 Å².